The number of hydrogen-bond acceptors (Lipinski definition) is 2. The molecule has 2 nitrogen and oxygen atoms in total. The van der Waals surface area contributed by atoms with Crippen LogP contribution in [0.5, 0.6) is 0 Å². The highest BCUT2D eigenvalue weighted by Gasteiger charge is 2.26. The first-order valence-electron chi connectivity index (χ1n) is 9.42. The second kappa shape index (κ2) is 7.91. The van der Waals surface area contributed by atoms with Gasteiger partial charge in [-0.05, 0) is 43.4 Å². The lowest BCUT2D eigenvalue weighted by atomic mass is 9.84. The van der Waals surface area contributed by atoms with E-state index in [1.807, 2.05) is 18.2 Å². The van der Waals surface area contributed by atoms with Gasteiger partial charge in [-0.15, -0.1) is 0 Å². The zero-order valence-corrected chi connectivity index (χ0v) is 16.3. The topological polar surface area (TPSA) is 24.9 Å². The molecule has 0 aliphatic carbocycles. The molecule has 0 spiro atoms. The molecule has 2 aromatic carbocycles. The molecular weight excluding hydrogens is 335 g/mol. The standard InChI is InChI=1S/C24H27FN2/c1-17(2)14-24(4,15-19-9-6-5-7-10-19)27-18(3)21-13-20-11-8-12-22(25)23(20)26-16-21/h5-13,16-17,27H,3,14-15H2,1-2,4H3/t24-/m0/s1. The van der Waals surface area contributed by atoms with Gasteiger partial charge in [0.05, 0.1) is 0 Å². The summed E-state index contributed by atoms with van der Waals surface area (Å²) in [5.74, 6) is 0.245. The summed E-state index contributed by atoms with van der Waals surface area (Å²) < 4.78 is 13.9. The predicted molar refractivity (Wildman–Crippen MR) is 112 cm³/mol. The minimum atomic E-state index is -0.300. The average Bonchev–Trinajstić information content (AvgIpc) is 2.61. The minimum Gasteiger partial charge on any atom is -0.379 e. The van der Waals surface area contributed by atoms with Gasteiger partial charge < -0.3 is 5.32 Å². The molecular formula is C24H27FN2. The van der Waals surface area contributed by atoms with Crippen LogP contribution in [0.4, 0.5) is 4.39 Å². The summed E-state index contributed by atoms with van der Waals surface area (Å²) in [6, 6.07) is 17.4. The third kappa shape index (κ3) is 4.73. The molecule has 0 fully saturated rings. The molecule has 3 aromatic rings. The SMILES string of the molecule is C=C(N[C@](C)(Cc1ccccc1)CC(C)C)c1cnc2c(F)cccc2c1. The van der Waals surface area contributed by atoms with Crippen molar-refractivity contribution in [1.82, 2.24) is 10.3 Å². The second-order valence-electron chi connectivity index (χ2n) is 7.96. The van der Waals surface area contributed by atoms with E-state index in [0.29, 0.717) is 11.4 Å². The van der Waals surface area contributed by atoms with Crippen LogP contribution < -0.4 is 5.32 Å². The van der Waals surface area contributed by atoms with Crippen LogP contribution in [0.1, 0.15) is 38.3 Å². The maximum Gasteiger partial charge on any atom is 0.149 e. The van der Waals surface area contributed by atoms with Gasteiger partial charge in [0.1, 0.15) is 11.3 Å². The van der Waals surface area contributed by atoms with Crippen molar-refractivity contribution < 1.29 is 4.39 Å². The van der Waals surface area contributed by atoms with E-state index in [0.717, 1.165) is 29.5 Å². The van der Waals surface area contributed by atoms with Gasteiger partial charge in [0, 0.05) is 28.4 Å². The molecule has 0 radical (unpaired) electrons. The smallest absolute Gasteiger partial charge is 0.149 e. The lowest BCUT2D eigenvalue weighted by Gasteiger charge is -2.35. The molecule has 0 aliphatic heterocycles. The highest BCUT2D eigenvalue weighted by Crippen LogP contribution is 2.26. The first-order valence-corrected chi connectivity index (χ1v) is 9.42. The largest absolute Gasteiger partial charge is 0.379 e. The molecule has 1 N–H and O–H groups in total. The van der Waals surface area contributed by atoms with E-state index in [-0.39, 0.29) is 11.4 Å². The summed E-state index contributed by atoms with van der Waals surface area (Å²) in [7, 11) is 0. The zero-order chi connectivity index (χ0) is 19.4. The van der Waals surface area contributed by atoms with Gasteiger partial charge in [0.15, 0.2) is 0 Å². The van der Waals surface area contributed by atoms with E-state index in [2.05, 4.69) is 61.9 Å². The Hall–Kier alpha value is -2.68. The molecule has 3 rings (SSSR count). The van der Waals surface area contributed by atoms with Gasteiger partial charge in [-0.3, -0.25) is 4.98 Å². The zero-order valence-electron chi connectivity index (χ0n) is 16.3. The number of aromatic nitrogens is 1. The lowest BCUT2D eigenvalue weighted by Crippen LogP contribution is -2.44. The van der Waals surface area contributed by atoms with Crippen LogP contribution in [-0.2, 0) is 6.42 Å². The molecule has 0 unspecified atom stereocenters. The second-order valence-corrected chi connectivity index (χ2v) is 7.96. The van der Waals surface area contributed by atoms with Crippen LogP contribution in [0.2, 0.25) is 0 Å². The Balaban J connectivity index is 1.85. The molecule has 27 heavy (non-hydrogen) atoms. The summed E-state index contributed by atoms with van der Waals surface area (Å²) in [5, 5.41) is 4.42. The van der Waals surface area contributed by atoms with E-state index in [1.165, 1.54) is 11.6 Å². The highest BCUT2D eigenvalue weighted by atomic mass is 19.1. The van der Waals surface area contributed by atoms with Gasteiger partial charge in [0.2, 0.25) is 0 Å². The van der Waals surface area contributed by atoms with Crippen molar-refractivity contribution in [2.24, 2.45) is 5.92 Å². The van der Waals surface area contributed by atoms with E-state index in [1.54, 1.807) is 12.3 Å². The maximum absolute atomic E-state index is 13.9. The quantitative estimate of drug-likeness (QED) is 0.559. The molecule has 0 aliphatic rings. The van der Waals surface area contributed by atoms with Crippen molar-refractivity contribution in [3.63, 3.8) is 0 Å². The van der Waals surface area contributed by atoms with Crippen molar-refractivity contribution in [1.29, 1.82) is 0 Å². The molecule has 3 heteroatoms. The van der Waals surface area contributed by atoms with Gasteiger partial charge in [-0.2, -0.15) is 0 Å². The number of pyridine rings is 1. The van der Waals surface area contributed by atoms with Gasteiger partial charge in [-0.25, -0.2) is 4.39 Å². The molecule has 1 atom stereocenters. The number of hydrogen-bond donors (Lipinski definition) is 1. The number of nitrogens with zero attached hydrogens (tertiary/aromatic N) is 1. The van der Waals surface area contributed by atoms with E-state index in [9.17, 15) is 4.39 Å². The lowest BCUT2D eigenvalue weighted by molar-refractivity contribution is 0.327. The predicted octanol–water partition coefficient (Wildman–Crippen LogP) is 5.98. The van der Waals surface area contributed by atoms with Crippen LogP contribution in [-0.4, -0.2) is 10.5 Å². The summed E-state index contributed by atoms with van der Waals surface area (Å²) in [4.78, 5) is 4.30. The van der Waals surface area contributed by atoms with Crippen molar-refractivity contribution in [2.75, 3.05) is 0 Å². The van der Waals surface area contributed by atoms with Gasteiger partial charge in [0.25, 0.3) is 0 Å². The van der Waals surface area contributed by atoms with Crippen LogP contribution in [0, 0.1) is 11.7 Å². The van der Waals surface area contributed by atoms with Crippen LogP contribution in [0.3, 0.4) is 0 Å². The maximum atomic E-state index is 13.9. The molecule has 0 saturated heterocycles. The minimum absolute atomic E-state index is 0.135. The molecule has 1 aromatic heterocycles. The Morgan fingerprint density at radius 1 is 1.15 bits per heavy atom. The van der Waals surface area contributed by atoms with Gasteiger partial charge in [-0.1, -0.05) is 62.9 Å². The number of para-hydroxylation sites is 1. The fourth-order valence-corrected chi connectivity index (χ4v) is 3.84. The molecule has 0 saturated carbocycles. The fourth-order valence-electron chi connectivity index (χ4n) is 3.84. The molecule has 140 valence electrons. The Morgan fingerprint density at radius 2 is 1.89 bits per heavy atom. The van der Waals surface area contributed by atoms with Crippen molar-refractivity contribution >= 4 is 16.6 Å². The average molecular weight is 362 g/mol. The summed E-state index contributed by atoms with van der Waals surface area (Å²) in [6.45, 7) is 10.9. The number of rotatable bonds is 7. The highest BCUT2D eigenvalue weighted by molar-refractivity contribution is 5.82. The third-order valence-corrected chi connectivity index (χ3v) is 4.76. The number of nitrogens with one attached hydrogen (secondary N) is 1. The fraction of sp³-hybridized carbons (Fsp3) is 0.292. The number of benzene rings is 2. The number of halogens is 1. The normalized spacial score (nSPS) is 13.5. The molecule has 0 amide bonds. The third-order valence-electron chi connectivity index (χ3n) is 4.76. The first-order chi connectivity index (χ1) is 12.9. The van der Waals surface area contributed by atoms with Gasteiger partial charge >= 0.3 is 0 Å². The summed E-state index contributed by atoms with van der Waals surface area (Å²) in [5.41, 5.74) is 3.25. The van der Waals surface area contributed by atoms with Crippen LogP contribution >= 0.6 is 0 Å². The summed E-state index contributed by atoms with van der Waals surface area (Å²) in [6.07, 6.45) is 3.61. The van der Waals surface area contributed by atoms with E-state index >= 15 is 0 Å². The first kappa shape index (κ1) is 19.1. The summed E-state index contributed by atoms with van der Waals surface area (Å²) >= 11 is 0. The monoisotopic (exact) mass is 362 g/mol. The van der Waals surface area contributed by atoms with Crippen LogP contribution in [0.15, 0.2) is 67.4 Å². The Morgan fingerprint density at radius 3 is 2.59 bits per heavy atom. The van der Waals surface area contributed by atoms with Crippen LogP contribution in [0.25, 0.3) is 16.6 Å². The van der Waals surface area contributed by atoms with Crippen molar-refractivity contribution in [3.05, 3.63) is 84.3 Å². The Kier molecular flexibility index (Phi) is 5.59. The van der Waals surface area contributed by atoms with E-state index < -0.39 is 0 Å². The Bertz CT molecular complexity index is 934. The number of fused-ring (bicyclic) bond motifs is 1. The van der Waals surface area contributed by atoms with Crippen molar-refractivity contribution in [3.8, 4) is 0 Å². The van der Waals surface area contributed by atoms with Crippen molar-refractivity contribution in [2.45, 2.75) is 39.2 Å². The molecule has 1 heterocycles. The van der Waals surface area contributed by atoms with E-state index in [4.69, 9.17) is 0 Å². The molecule has 0 bridgehead atoms. The Labute approximate surface area is 161 Å².